The summed E-state index contributed by atoms with van der Waals surface area (Å²) in [6.07, 6.45) is 1.55. The summed E-state index contributed by atoms with van der Waals surface area (Å²) in [4.78, 5) is 0. The van der Waals surface area contributed by atoms with Gasteiger partial charge in [0.25, 0.3) is 5.92 Å². The summed E-state index contributed by atoms with van der Waals surface area (Å²) in [5.41, 5.74) is 5.16. The molecule has 0 bridgehead atoms. The molecule has 1 rings (SSSR count). The van der Waals surface area contributed by atoms with Gasteiger partial charge in [0, 0.05) is 0 Å². The molecule has 1 aliphatic carbocycles. The lowest BCUT2D eigenvalue weighted by atomic mass is 10.1. The van der Waals surface area contributed by atoms with Crippen LogP contribution in [0.4, 0.5) is 8.78 Å². The largest absolute Gasteiger partial charge is 0.390 e. The van der Waals surface area contributed by atoms with E-state index in [1.807, 2.05) is 0 Å². The van der Waals surface area contributed by atoms with Crippen LogP contribution in [-0.4, -0.2) is 23.7 Å². The number of nitrogens with two attached hydrogens (primary N) is 1. The predicted molar refractivity (Wildman–Crippen MR) is 32.7 cm³/mol. The summed E-state index contributed by atoms with van der Waals surface area (Å²) in [5, 5.41) is 8.21. The second kappa shape index (κ2) is 2.43. The standard InChI is InChI=1S/C6H11F2NO/c7-6(8,3-10)5(9)4-1-2-4/h4-5,10H,1-3,9H2/t5-/m0/s1. The molecule has 60 valence electrons. The van der Waals surface area contributed by atoms with Crippen LogP contribution in [0.5, 0.6) is 0 Å². The third kappa shape index (κ3) is 1.44. The molecule has 1 aliphatic rings. The Labute approximate surface area is 58.0 Å². The lowest BCUT2D eigenvalue weighted by Gasteiger charge is -2.20. The van der Waals surface area contributed by atoms with E-state index in [0.29, 0.717) is 0 Å². The van der Waals surface area contributed by atoms with Crippen LogP contribution in [0.25, 0.3) is 0 Å². The van der Waals surface area contributed by atoms with Gasteiger partial charge >= 0.3 is 0 Å². The summed E-state index contributed by atoms with van der Waals surface area (Å²) in [6, 6.07) is -1.14. The van der Waals surface area contributed by atoms with Crippen LogP contribution in [0, 0.1) is 5.92 Å². The Bertz CT molecular complexity index is 125. The first-order chi connectivity index (χ1) is 4.58. The topological polar surface area (TPSA) is 46.2 Å². The van der Waals surface area contributed by atoms with Gasteiger partial charge in [0.05, 0.1) is 6.04 Å². The Kier molecular flexibility index (Phi) is 1.92. The number of aliphatic hydroxyl groups excluding tert-OH is 1. The zero-order valence-electron chi connectivity index (χ0n) is 5.56. The number of aliphatic hydroxyl groups is 1. The predicted octanol–water partition coefficient (Wildman–Crippen LogP) is 0.351. The molecule has 3 N–H and O–H groups in total. The van der Waals surface area contributed by atoms with Crippen molar-refractivity contribution >= 4 is 0 Å². The quantitative estimate of drug-likeness (QED) is 0.611. The van der Waals surface area contributed by atoms with Crippen molar-refractivity contribution in [2.24, 2.45) is 11.7 Å². The Balaban J connectivity index is 2.43. The summed E-state index contributed by atoms with van der Waals surface area (Å²) in [5.74, 6) is -3.15. The second-order valence-corrected chi connectivity index (χ2v) is 2.78. The molecule has 0 radical (unpaired) electrons. The molecule has 0 spiro atoms. The van der Waals surface area contributed by atoms with Gasteiger partial charge in [-0.1, -0.05) is 0 Å². The Morgan fingerprint density at radius 1 is 1.60 bits per heavy atom. The molecule has 10 heavy (non-hydrogen) atoms. The van der Waals surface area contributed by atoms with Crippen LogP contribution in [0.3, 0.4) is 0 Å². The summed E-state index contributed by atoms with van der Waals surface area (Å²) in [6.45, 7) is -1.13. The highest BCUT2D eigenvalue weighted by molar-refractivity contribution is 4.92. The molecule has 2 nitrogen and oxygen atoms in total. The van der Waals surface area contributed by atoms with Crippen molar-refractivity contribution in [1.29, 1.82) is 0 Å². The lowest BCUT2D eigenvalue weighted by Crippen LogP contribution is -2.45. The fourth-order valence-corrected chi connectivity index (χ4v) is 0.906. The highest BCUT2D eigenvalue weighted by Crippen LogP contribution is 2.37. The minimum atomic E-state index is -3.08. The fraction of sp³-hybridized carbons (Fsp3) is 1.00. The molecule has 0 aromatic rings. The molecule has 1 saturated carbocycles. The zero-order valence-corrected chi connectivity index (χ0v) is 5.56. The third-order valence-electron chi connectivity index (χ3n) is 1.83. The molecule has 0 unspecified atom stereocenters. The summed E-state index contributed by atoms with van der Waals surface area (Å²) < 4.78 is 24.9. The van der Waals surface area contributed by atoms with Crippen LogP contribution in [-0.2, 0) is 0 Å². The van der Waals surface area contributed by atoms with E-state index in [1.165, 1.54) is 0 Å². The molecule has 0 aromatic heterocycles. The Morgan fingerprint density at radius 2 is 2.10 bits per heavy atom. The smallest absolute Gasteiger partial charge is 0.285 e. The first-order valence-corrected chi connectivity index (χ1v) is 3.32. The number of hydrogen-bond acceptors (Lipinski definition) is 2. The van der Waals surface area contributed by atoms with Crippen molar-refractivity contribution in [3.63, 3.8) is 0 Å². The normalized spacial score (nSPS) is 22.8. The van der Waals surface area contributed by atoms with E-state index in [4.69, 9.17) is 10.8 Å². The van der Waals surface area contributed by atoms with Crippen LogP contribution in [0.1, 0.15) is 12.8 Å². The van der Waals surface area contributed by atoms with Crippen molar-refractivity contribution in [2.75, 3.05) is 6.61 Å². The van der Waals surface area contributed by atoms with Crippen molar-refractivity contribution in [1.82, 2.24) is 0 Å². The molecule has 0 amide bonds. The molecular formula is C6H11F2NO. The minimum absolute atomic E-state index is 0.0675. The van der Waals surface area contributed by atoms with Gasteiger partial charge in [-0.15, -0.1) is 0 Å². The van der Waals surface area contributed by atoms with Crippen molar-refractivity contribution in [3.8, 4) is 0 Å². The molecule has 0 aliphatic heterocycles. The van der Waals surface area contributed by atoms with Crippen LogP contribution < -0.4 is 5.73 Å². The van der Waals surface area contributed by atoms with Gasteiger partial charge in [-0.3, -0.25) is 0 Å². The van der Waals surface area contributed by atoms with Crippen molar-refractivity contribution in [3.05, 3.63) is 0 Å². The lowest BCUT2D eigenvalue weighted by molar-refractivity contribution is -0.0749. The molecule has 0 heterocycles. The number of alkyl halides is 2. The average Bonchev–Trinajstić information content (AvgIpc) is 2.68. The van der Waals surface area contributed by atoms with E-state index in [9.17, 15) is 8.78 Å². The van der Waals surface area contributed by atoms with Gasteiger partial charge in [-0.25, -0.2) is 8.78 Å². The highest BCUT2D eigenvalue weighted by atomic mass is 19.3. The Morgan fingerprint density at radius 3 is 2.40 bits per heavy atom. The van der Waals surface area contributed by atoms with E-state index >= 15 is 0 Å². The van der Waals surface area contributed by atoms with Crippen molar-refractivity contribution in [2.45, 2.75) is 24.8 Å². The van der Waals surface area contributed by atoms with Crippen LogP contribution in [0.2, 0.25) is 0 Å². The number of hydrogen-bond donors (Lipinski definition) is 2. The Hall–Kier alpha value is -0.220. The molecule has 0 saturated heterocycles. The monoisotopic (exact) mass is 151 g/mol. The first-order valence-electron chi connectivity index (χ1n) is 3.32. The number of rotatable bonds is 3. The van der Waals surface area contributed by atoms with Gasteiger partial charge in [0.15, 0.2) is 0 Å². The van der Waals surface area contributed by atoms with Gasteiger partial charge < -0.3 is 10.8 Å². The zero-order chi connectivity index (χ0) is 7.78. The molecular weight excluding hydrogens is 140 g/mol. The van der Waals surface area contributed by atoms with Crippen LogP contribution >= 0.6 is 0 Å². The average molecular weight is 151 g/mol. The van der Waals surface area contributed by atoms with Crippen molar-refractivity contribution < 1.29 is 13.9 Å². The van der Waals surface area contributed by atoms with E-state index < -0.39 is 18.6 Å². The van der Waals surface area contributed by atoms with Gasteiger partial charge in [0.2, 0.25) is 0 Å². The van der Waals surface area contributed by atoms with Gasteiger partial charge in [-0.2, -0.15) is 0 Å². The van der Waals surface area contributed by atoms with Gasteiger partial charge in [0.1, 0.15) is 6.61 Å². The third-order valence-corrected chi connectivity index (χ3v) is 1.83. The second-order valence-electron chi connectivity index (χ2n) is 2.78. The van der Waals surface area contributed by atoms with Crippen LogP contribution in [0.15, 0.2) is 0 Å². The van der Waals surface area contributed by atoms with Gasteiger partial charge in [-0.05, 0) is 18.8 Å². The molecule has 0 aromatic carbocycles. The minimum Gasteiger partial charge on any atom is -0.390 e. The maximum absolute atomic E-state index is 12.5. The maximum Gasteiger partial charge on any atom is 0.285 e. The van der Waals surface area contributed by atoms with E-state index in [0.717, 1.165) is 12.8 Å². The SMILES string of the molecule is N[C@@H](C1CC1)C(F)(F)CO. The maximum atomic E-state index is 12.5. The van der Waals surface area contributed by atoms with E-state index in [1.54, 1.807) is 0 Å². The molecule has 4 heteroatoms. The summed E-state index contributed by atoms with van der Waals surface area (Å²) in [7, 11) is 0. The highest BCUT2D eigenvalue weighted by Gasteiger charge is 2.45. The number of halogens is 2. The molecule has 1 atom stereocenters. The van der Waals surface area contributed by atoms with E-state index in [2.05, 4.69) is 0 Å². The molecule has 1 fully saturated rings. The summed E-state index contributed by atoms with van der Waals surface area (Å²) >= 11 is 0. The first kappa shape index (κ1) is 7.88. The van der Waals surface area contributed by atoms with E-state index in [-0.39, 0.29) is 5.92 Å². The fourth-order valence-electron chi connectivity index (χ4n) is 0.906.